The highest BCUT2D eigenvalue weighted by Gasteiger charge is 2.28. The molecule has 0 radical (unpaired) electrons. The van der Waals surface area contributed by atoms with Crippen molar-refractivity contribution in [2.75, 3.05) is 7.05 Å². The first-order chi connectivity index (χ1) is 8.96. The van der Waals surface area contributed by atoms with E-state index in [0.29, 0.717) is 11.5 Å². The second-order valence-corrected chi connectivity index (χ2v) is 6.09. The first-order valence-electron chi connectivity index (χ1n) is 5.60. The molecule has 2 rings (SSSR count). The average molecular weight is 285 g/mol. The van der Waals surface area contributed by atoms with E-state index in [4.69, 9.17) is 4.42 Å². The zero-order valence-electron chi connectivity index (χ0n) is 10.6. The molecule has 2 N–H and O–H groups in total. The number of aryl methyl sites for hydroxylation is 1. The zero-order valence-corrected chi connectivity index (χ0v) is 11.4. The van der Waals surface area contributed by atoms with E-state index in [1.54, 1.807) is 19.1 Å². The number of hydrogen-bond donors (Lipinski definition) is 2. The molecule has 0 aromatic carbocycles. The van der Waals surface area contributed by atoms with Gasteiger partial charge in [0.2, 0.25) is 0 Å². The van der Waals surface area contributed by atoms with Gasteiger partial charge in [-0.05, 0) is 19.1 Å². The molecule has 0 saturated carbocycles. The number of aliphatic hydroxyl groups excluding tert-OH is 1. The Labute approximate surface area is 110 Å². The van der Waals surface area contributed by atoms with Crippen LogP contribution < -0.4 is 0 Å². The highest BCUT2D eigenvalue weighted by atomic mass is 32.2. The predicted molar refractivity (Wildman–Crippen MR) is 66.6 cm³/mol. The van der Waals surface area contributed by atoms with Gasteiger partial charge in [0.25, 0.3) is 10.0 Å². The Morgan fingerprint density at radius 3 is 2.84 bits per heavy atom. The summed E-state index contributed by atoms with van der Waals surface area (Å²) in [6.45, 7) is 1.38. The summed E-state index contributed by atoms with van der Waals surface area (Å²) in [7, 11) is -2.33. The van der Waals surface area contributed by atoms with Gasteiger partial charge in [0, 0.05) is 18.3 Å². The number of nitrogens with one attached hydrogen (secondary N) is 1. The van der Waals surface area contributed by atoms with Crippen molar-refractivity contribution in [1.82, 2.24) is 14.5 Å². The van der Waals surface area contributed by atoms with Crippen molar-refractivity contribution >= 4 is 10.0 Å². The molecule has 104 valence electrons. The maximum absolute atomic E-state index is 12.3. The van der Waals surface area contributed by atoms with Crippen LogP contribution in [-0.2, 0) is 23.2 Å². The van der Waals surface area contributed by atoms with Crippen molar-refractivity contribution in [1.29, 1.82) is 0 Å². The second-order valence-electron chi connectivity index (χ2n) is 4.13. The molecule has 0 atom stereocenters. The van der Waals surface area contributed by atoms with Crippen molar-refractivity contribution in [3.63, 3.8) is 0 Å². The fourth-order valence-electron chi connectivity index (χ4n) is 1.68. The molecule has 0 amide bonds. The number of aromatic amines is 1. The minimum atomic E-state index is -3.77. The van der Waals surface area contributed by atoms with Crippen LogP contribution >= 0.6 is 0 Å². The van der Waals surface area contributed by atoms with E-state index in [2.05, 4.69) is 10.2 Å². The number of aromatic nitrogens is 2. The largest absolute Gasteiger partial charge is 0.468 e. The smallest absolute Gasteiger partial charge is 0.262 e. The summed E-state index contributed by atoms with van der Waals surface area (Å²) >= 11 is 0. The van der Waals surface area contributed by atoms with Gasteiger partial charge >= 0.3 is 0 Å². The number of H-pyrrole nitrogens is 1. The summed E-state index contributed by atoms with van der Waals surface area (Å²) in [6, 6.07) is 3.38. The van der Waals surface area contributed by atoms with Gasteiger partial charge in [-0.2, -0.15) is 9.40 Å². The summed E-state index contributed by atoms with van der Waals surface area (Å²) in [5.41, 5.74) is 0.818. The lowest BCUT2D eigenvalue weighted by Crippen LogP contribution is -2.27. The van der Waals surface area contributed by atoms with Gasteiger partial charge in [0.15, 0.2) is 5.03 Å². The SMILES string of the molecule is Cc1[nH]nc(S(=O)(=O)N(C)Cc2ccco2)c1CO. The molecular formula is C11H15N3O4S. The molecule has 0 spiro atoms. The third-order valence-electron chi connectivity index (χ3n) is 2.81. The molecule has 0 aliphatic rings. The summed E-state index contributed by atoms with van der Waals surface area (Å²) in [5.74, 6) is 0.531. The second kappa shape index (κ2) is 5.16. The number of hydrogen-bond acceptors (Lipinski definition) is 5. The minimum absolute atomic E-state index is 0.103. The van der Waals surface area contributed by atoms with Crippen LogP contribution in [0, 0.1) is 6.92 Å². The fourth-order valence-corrected chi connectivity index (χ4v) is 2.97. The van der Waals surface area contributed by atoms with Crippen molar-refractivity contribution < 1.29 is 17.9 Å². The highest BCUT2D eigenvalue weighted by molar-refractivity contribution is 7.89. The van der Waals surface area contributed by atoms with Crippen molar-refractivity contribution in [3.8, 4) is 0 Å². The molecule has 19 heavy (non-hydrogen) atoms. The lowest BCUT2D eigenvalue weighted by atomic mass is 10.3. The molecule has 0 unspecified atom stereocenters. The zero-order chi connectivity index (χ0) is 14.0. The van der Waals surface area contributed by atoms with Gasteiger partial charge in [-0.3, -0.25) is 5.10 Å². The van der Waals surface area contributed by atoms with Gasteiger partial charge in [-0.25, -0.2) is 8.42 Å². The monoisotopic (exact) mass is 285 g/mol. The van der Waals surface area contributed by atoms with E-state index in [-0.39, 0.29) is 23.7 Å². The molecule has 0 fully saturated rings. The third kappa shape index (κ3) is 2.55. The molecule has 8 heteroatoms. The quantitative estimate of drug-likeness (QED) is 0.839. The topological polar surface area (TPSA) is 99.4 Å². The summed E-state index contributed by atoms with van der Waals surface area (Å²) in [6.07, 6.45) is 1.48. The molecule has 2 heterocycles. The van der Waals surface area contributed by atoms with E-state index < -0.39 is 10.0 Å². The van der Waals surface area contributed by atoms with Crippen molar-refractivity contribution in [2.24, 2.45) is 0 Å². The maximum atomic E-state index is 12.3. The van der Waals surface area contributed by atoms with Crippen LogP contribution in [0.15, 0.2) is 27.8 Å². The Kier molecular flexibility index (Phi) is 3.74. The summed E-state index contributed by atoms with van der Waals surface area (Å²) in [4.78, 5) is 0. The molecule has 0 saturated heterocycles. The third-order valence-corrected chi connectivity index (χ3v) is 4.58. The van der Waals surface area contributed by atoms with Crippen LogP contribution in [0.5, 0.6) is 0 Å². The normalized spacial score (nSPS) is 12.2. The highest BCUT2D eigenvalue weighted by Crippen LogP contribution is 2.21. The van der Waals surface area contributed by atoms with Crippen LogP contribution in [0.1, 0.15) is 17.0 Å². The van der Waals surface area contributed by atoms with E-state index in [0.717, 1.165) is 4.31 Å². The molecule has 2 aromatic heterocycles. The Morgan fingerprint density at radius 2 is 2.26 bits per heavy atom. The van der Waals surface area contributed by atoms with Crippen molar-refractivity contribution in [2.45, 2.75) is 25.1 Å². The molecule has 2 aromatic rings. The summed E-state index contributed by atoms with van der Waals surface area (Å²) < 4.78 is 30.9. The Morgan fingerprint density at radius 1 is 1.53 bits per heavy atom. The molecule has 0 bridgehead atoms. The number of nitrogens with zero attached hydrogens (tertiary/aromatic N) is 2. The average Bonchev–Trinajstić information content (AvgIpc) is 2.98. The van der Waals surface area contributed by atoms with E-state index in [1.807, 2.05) is 0 Å². The predicted octanol–water partition coefficient (Wildman–Crippen LogP) is 0.624. The van der Waals surface area contributed by atoms with Crippen molar-refractivity contribution in [3.05, 3.63) is 35.4 Å². The van der Waals surface area contributed by atoms with Crippen LogP contribution in [0.3, 0.4) is 0 Å². The Hall–Kier alpha value is -1.64. The molecule has 0 aliphatic carbocycles. The minimum Gasteiger partial charge on any atom is -0.468 e. The lowest BCUT2D eigenvalue weighted by Gasteiger charge is -2.14. The first kappa shape index (κ1) is 13.8. The van der Waals surface area contributed by atoms with Crippen LogP contribution in [-0.4, -0.2) is 35.1 Å². The van der Waals surface area contributed by atoms with Crippen LogP contribution in [0.25, 0.3) is 0 Å². The van der Waals surface area contributed by atoms with Gasteiger partial charge in [0.1, 0.15) is 5.76 Å². The Balaban J connectivity index is 2.31. The van der Waals surface area contributed by atoms with Gasteiger partial charge in [-0.15, -0.1) is 0 Å². The van der Waals surface area contributed by atoms with Gasteiger partial charge in [0.05, 0.1) is 19.4 Å². The molecule has 0 aliphatic heterocycles. The lowest BCUT2D eigenvalue weighted by molar-refractivity contribution is 0.277. The van der Waals surface area contributed by atoms with Crippen LogP contribution in [0.2, 0.25) is 0 Å². The molecular weight excluding hydrogens is 270 g/mol. The number of aliphatic hydroxyl groups is 1. The number of sulfonamides is 1. The van der Waals surface area contributed by atoms with E-state index >= 15 is 0 Å². The van der Waals surface area contributed by atoms with Gasteiger partial charge in [-0.1, -0.05) is 0 Å². The van der Waals surface area contributed by atoms with E-state index in [1.165, 1.54) is 13.3 Å². The fraction of sp³-hybridized carbons (Fsp3) is 0.364. The van der Waals surface area contributed by atoms with Crippen LogP contribution in [0.4, 0.5) is 0 Å². The number of furan rings is 1. The maximum Gasteiger partial charge on any atom is 0.262 e. The standard InChI is InChI=1S/C11H15N3O4S/c1-8-10(7-15)11(13-12-8)19(16,17)14(2)6-9-4-3-5-18-9/h3-5,15H,6-7H2,1-2H3,(H,12,13). The first-order valence-corrected chi connectivity index (χ1v) is 7.04. The molecule has 7 nitrogen and oxygen atoms in total. The van der Waals surface area contributed by atoms with E-state index in [9.17, 15) is 13.5 Å². The number of rotatable bonds is 5. The summed E-state index contributed by atoms with van der Waals surface area (Å²) in [5, 5.41) is 15.4. The van der Waals surface area contributed by atoms with Gasteiger partial charge < -0.3 is 9.52 Å². The Bertz CT molecular complexity index is 646.